The molecule has 21 heavy (non-hydrogen) atoms. The third-order valence-corrected chi connectivity index (χ3v) is 5.44. The molecule has 2 rings (SSSR count). The Morgan fingerprint density at radius 2 is 2.19 bits per heavy atom. The maximum Gasteiger partial charge on any atom is 0.321 e. The molecule has 1 aliphatic rings. The quantitative estimate of drug-likeness (QED) is 0.897. The fourth-order valence-corrected chi connectivity index (χ4v) is 4.05. The van der Waals surface area contributed by atoms with Crippen molar-refractivity contribution in [1.29, 1.82) is 5.26 Å². The highest BCUT2D eigenvalue weighted by molar-refractivity contribution is 7.91. The summed E-state index contributed by atoms with van der Waals surface area (Å²) < 4.78 is 22.9. The lowest BCUT2D eigenvalue weighted by Crippen LogP contribution is -2.40. The fourth-order valence-electron chi connectivity index (χ4n) is 2.28. The standard InChI is InChI=1S/C14H17N3O3S/c1-10-3-4-11(8-15)7-13(10)16-14(18)17(2)12-5-6-21(19,20)9-12/h3-4,7,12H,5-6,9H2,1-2H3,(H,16,18). The van der Waals surface area contributed by atoms with Gasteiger partial charge in [-0.2, -0.15) is 5.26 Å². The Kier molecular flexibility index (Phi) is 4.19. The van der Waals surface area contributed by atoms with Crippen LogP contribution in [0.15, 0.2) is 18.2 Å². The molecule has 2 amide bonds. The van der Waals surface area contributed by atoms with E-state index in [9.17, 15) is 13.2 Å². The molecule has 1 fully saturated rings. The van der Waals surface area contributed by atoms with E-state index in [4.69, 9.17) is 5.26 Å². The van der Waals surface area contributed by atoms with Gasteiger partial charge in [0.05, 0.1) is 23.1 Å². The maximum absolute atomic E-state index is 12.2. The van der Waals surface area contributed by atoms with E-state index in [2.05, 4.69) is 5.32 Å². The van der Waals surface area contributed by atoms with Crippen LogP contribution < -0.4 is 5.32 Å². The highest BCUT2D eigenvalue weighted by Gasteiger charge is 2.32. The van der Waals surface area contributed by atoms with Crippen molar-refractivity contribution in [1.82, 2.24) is 4.90 Å². The number of hydrogen-bond acceptors (Lipinski definition) is 4. The first-order chi connectivity index (χ1) is 9.82. The number of aryl methyl sites for hydroxylation is 1. The van der Waals surface area contributed by atoms with Crippen LogP contribution in [-0.4, -0.2) is 43.9 Å². The monoisotopic (exact) mass is 307 g/mol. The molecule has 1 unspecified atom stereocenters. The van der Waals surface area contributed by atoms with Crippen LogP contribution in [0.2, 0.25) is 0 Å². The zero-order valence-corrected chi connectivity index (χ0v) is 12.8. The van der Waals surface area contributed by atoms with Gasteiger partial charge in [-0.15, -0.1) is 0 Å². The molecule has 7 heteroatoms. The van der Waals surface area contributed by atoms with Gasteiger partial charge in [-0.25, -0.2) is 13.2 Å². The van der Waals surface area contributed by atoms with Gasteiger partial charge in [-0.3, -0.25) is 0 Å². The van der Waals surface area contributed by atoms with Gasteiger partial charge < -0.3 is 10.2 Å². The zero-order chi connectivity index (χ0) is 15.6. The van der Waals surface area contributed by atoms with Gasteiger partial charge >= 0.3 is 6.03 Å². The van der Waals surface area contributed by atoms with Crippen LogP contribution in [0.25, 0.3) is 0 Å². The van der Waals surface area contributed by atoms with E-state index >= 15 is 0 Å². The largest absolute Gasteiger partial charge is 0.324 e. The van der Waals surface area contributed by atoms with Crippen molar-refractivity contribution in [2.24, 2.45) is 0 Å². The number of nitrogens with zero attached hydrogens (tertiary/aromatic N) is 2. The summed E-state index contributed by atoms with van der Waals surface area (Å²) in [5.41, 5.74) is 1.86. The molecular formula is C14H17N3O3S. The summed E-state index contributed by atoms with van der Waals surface area (Å²) in [7, 11) is -1.44. The van der Waals surface area contributed by atoms with Crippen molar-refractivity contribution in [3.8, 4) is 6.07 Å². The van der Waals surface area contributed by atoms with Gasteiger partial charge in [0.2, 0.25) is 0 Å². The number of sulfone groups is 1. The lowest BCUT2D eigenvalue weighted by Gasteiger charge is -2.24. The van der Waals surface area contributed by atoms with E-state index in [-0.39, 0.29) is 23.6 Å². The SMILES string of the molecule is Cc1ccc(C#N)cc1NC(=O)N(C)C1CCS(=O)(=O)C1. The van der Waals surface area contributed by atoms with Crippen molar-refractivity contribution in [3.05, 3.63) is 29.3 Å². The number of nitriles is 1. The Hall–Kier alpha value is -2.07. The van der Waals surface area contributed by atoms with Crippen molar-refractivity contribution in [3.63, 3.8) is 0 Å². The van der Waals surface area contributed by atoms with E-state index in [0.29, 0.717) is 17.7 Å². The van der Waals surface area contributed by atoms with Crippen LogP contribution >= 0.6 is 0 Å². The second-order valence-electron chi connectivity index (χ2n) is 5.24. The van der Waals surface area contributed by atoms with Crippen LogP contribution in [0.4, 0.5) is 10.5 Å². The number of carbonyl (C=O) groups excluding carboxylic acids is 1. The first kappa shape index (κ1) is 15.3. The van der Waals surface area contributed by atoms with E-state index < -0.39 is 9.84 Å². The molecule has 0 spiro atoms. The maximum atomic E-state index is 12.2. The second kappa shape index (κ2) is 5.74. The summed E-state index contributed by atoms with van der Waals surface area (Å²) in [6.45, 7) is 1.83. The normalized spacial score (nSPS) is 19.8. The molecule has 0 saturated carbocycles. The first-order valence-corrected chi connectivity index (χ1v) is 8.39. The number of amides is 2. The summed E-state index contributed by atoms with van der Waals surface area (Å²) in [5, 5.41) is 11.6. The van der Waals surface area contributed by atoms with Crippen LogP contribution in [0, 0.1) is 18.3 Å². The molecular weight excluding hydrogens is 290 g/mol. The lowest BCUT2D eigenvalue weighted by molar-refractivity contribution is 0.209. The Bertz CT molecular complexity index is 707. The summed E-state index contributed by atoms with van der Waals surface area (Å²) >= 11 is 0. The molecule has 6 nitrogen and oxygen atoms in total. The predicted octanol–water partition coefficient (Wildman–Crippen LogP) is 1.52. The van der Waals surface area contributed by atoms with Gasteiger partial charge in [-0.05, 0) is 31.0 Å². The van der Waals surface area contributed by atoms with E-state index in [1.165, 1.54) is 4.90 Å². The minimum absolute atomic E-state index is 0.00807. The highest BCUT2D eigenvalue weighted by Crippen LogP contribution is 2.20. The average Bonchev–Trinajstić information content (AvgIpc) is 2.80. The molecule has 1 atom stereocenters. The number of hydrogen-bond donors (Lipinski definition) is 1. The van der Waals surface area contributed by atoms with Gasteiger partial charge in [0.15, 0.2) is 9.84 Å². The van der Waals surface area contributed by atoms with E-state index in [0.717, 1.165) is 5.56 Å². The molecule has 0 bridgehead atoms. The fraction of sp³-hybridized carbons (Fsp3) is 0.429. The van der Waals surface area contributed by atoms with Gasteiger partial charge in [0, 0.05) is 18.8 Å². The molecule has 0 aliphatic carbocycles. The summed E-state index contributed by atoms with van der Waals surface area (Å²) in [6, 6.07) is 6.40. The molecule has 1 N–H and O–H groups in total. The van der Waals surface area contributed by atoms with E-state index in [1.807, 2.05) is 13.0 Å². The summed E-state index contributed by atoms with van der Waals surface area (Å²) in [4.78, 5) is 13.6. The Morgan fingerprint density at radius 3 is 2.76 bits per heavy atom. The minimum atomic E-state index is -3.03. The summed E-state index contributed by atoms with van der Waals surface area (Å²) in [6.07, 6.45) is 0.462. The van der Waals surface area contributed by atoms with Crippen molar-refractivity contribution in [2.45, 2.75) is 19.4 Å². The molecule has 1 saturated heterocycles. The van der Waals surface area contributed by atoms with Crippen LogP contribution in [0.1, 0.15) is 17.5 Å². The van der Waals surface area contributed by atoms with Gasteiger partial charge in [0.1, 0.15) is 0 Å². The number of carbonyl (C=O) groups is 1. The number of nitrogens with one attached hydrogen (secondary N) is 1. The number of benzene rings is 1. The van der Waals surface area contributed by atoms with Gasteiger partial charge in [0.25, 0.3) is 0 Å². The number of urea groups is 1. The average molecular weight is 307 g/mol. The highest BCUT2D eigenvalue weighted by atomic mass is 32.2. The smallest absolute Gasteiger partial charge is 0.321 e. The molecule has 1 aromatic rings. The topological polar surface area (TPSA) is 90.3 Å². The molecule has 0 radical (unpaired) electrons. The Morgan fingerprint density at radius 1 is 1.48 bits per heavy atom. The van der Waals surface area contributed by atoms with Gasteiger partial charge in [-0.1, -0.05) is 6.07 Å². The number of rotatable bonds is 2. The number of anilines is 1. The Balaban J connectivity index is 2.10. The van der Waals surface area contributed by atoms with Crippen LogP contribution in [0.3, 0.4) is 0 Å². The van der Waals surface area contributed by atoms with Crippen molar-refractivity contribution < 1.29 is 13.2 Å². The van der Waals surface area contributed by atoms with Crippen molar-refractivity contribution >= 4 is 21.6 Å². The predicted molar refractivity (Wildman–Crippen MR) is 79.7 cm³/mol. The third-order valence-electron chi connectivity index (χ3n) is 3.68. The molecule has 1 aliphatic heterocycles. The molecule has 1 heterocycles. The minimum Gasteiger partial charge on any atom is -0.324 e. The van der Waals surface area contributed by atoms with E-state index in [1.54, 1.807) is 25.2 Å². The van der Waals surface area contributed by atoms with Crippen molar-refractivity contribution in [2.75, 3.05) is 23.9 Å². The summed E-state index contributed by atoms with van der Waals surface area (Å²) in [5.74, 6) is 0.131. The molecule has 1 aromatic carbocycles. The Labute approximate surface area is 124 Å². The molecule has 0 aromatic heterocycles. The third kappa shape index (κ3) is 3.52. The lowest BCUT2D eigenvalue weighted by atomic mass is 10.1. The van der Waals surface area contributed by atoms with Crippen LogP contribution in [-0.2, 0) is 9.84 Å². The second-order valence-corrected chi connectivity index (χ2v) is 7.47. The first-order valence-electron chi connectivity index (χ1n) is 6.57. The van der Waals surface area contributed by atoms with Crippen LogP contribution in [0.5, 0.6) is 0 Å². The zero-order valence-electron chi connectivity index (χ0n) is 12.0. The molecule has 112 valence electrons.